The molecule has 1 heterocycles. The van der Waals surface area contributed by atoms with Crippen molar-refractivity contribution in [2.45, 2.75) is 13.0 Å². The number of ether oxygens (including phenoxy) is 1. The second-order valence-electron chi connectivity index (χ2n) is 3.82. The van der Waals surface area contributed by atoms with Crippen LogP contribution < -0.4 is 0 Å². The number of halogens is 1. The van der Waals surface area contributed by atoms with E-state index in [4.69, 9.17) is 16.3 Å². The van der Waals surface area contributed by atoms with Crippen molar-refractivity contribution < 1.29 is 9.53 Å². The lowest BCUT2D eigenvalue weighted by Crippen LogP contribution is -2.28. The summed E-state index contributed by atoms with van der Waals surface area (Å²) in [7, 11) is 3.84. The maximum Gasteiger partial charge on any atom is 0.341 e. The molecule has 0 spiro atoms. The van der Waals surface area contributed by atoms with Crippen LogP contribution in [0, 0.1) is 0 Å². The van der Waals surface area contributed by atoms with Crippen LogP contribution in [0.5, 0.6) is 0 Å². The normalized spacial score (nSPS) is 12.6. The molecule has 1 atom stereocenters. The molecule has 0 aliphatic heterocycles. The zero-order valence-electron chi connectivity index (χ0n) is 9.61. The SMILES string of the molecule is CC(CN(C)C)OC(=O)c1cccnc1Cl. The third-order valence-corrected chi connectivity index (χ3v) is 2.21. The maximum absolute atomic E-state index is 11.7. The first kappa shape index (κ1) is 12.9. The van der Waals surface area contributed by atoms with Gasteiger partial charge in [0.25, 0.3) is 0 Å². The van der Waals surface area contributed by atoms with Gasteiger partial charge in [0.2, 0.25) is 0 Å². The van der Waals surface area contributed by atoms with Gasteiger partial charge in [-0.25, -0.2) is 9.78 Å². The fourth-order valence-electron chi connectivity index (χ4n) is 1.34. The molecule has 1 rings (SSSR count). The molecule has 0 N–H and O–H groups in total. The Labute approximate surface area is 100 Å². The lowest BCUT2D eigenvalue weighted by molar-refractivity contribution is 0.0289. The Morgan fingerprint density at radius 1 is 1.62 bits per heavy atom. The molecule has 0 saturated carbocycles. The number of hydrogen-bond acceptors (Lipinski definition) is 4. The van der Waals surface area contributed by atoms with Gasteiger partial charge >= 0.3 is 5.97 Å². The number of likely N-dealkylation sites (N-methyl/N-ethyl adjacent to an activating group) is 1. The number of hydrogen-bond donors (Lipinski definition) is 0. The quantitative estimate of drug-likeness (QED) is 0.597. The molecule has 0 amide bonds. The van der Waals surface area contributed by atoms with E-state index in [0.29, 0.717) is 12.1 Å². The summed E-state index contributed by atoms with van der Waals surface area (Å²) in [4.78, 5) is 17.5. The molecular weight excluding hydrogens is 228 g/mol. The number of carbonyl (C=O) groups excluding carboxylic acids is 1. The van der Waals surface area contributed by atoms with Crippen molar-refractivity contribution in [3.05, 3.63) is 29.0 Å². The summed E-state index contributed by atoms with van der Waals surface area (Å²) in [5, 5.41) is 0.171. The monoisotopic (exact) mass is 242 g/mol. The summed E-state index contributed by atoms with van der Waals surface area (Å²) >= 11 is 5.79. The molecule has 0 radical (unpaired) electrons. The number of nitrogens with zero attached hydrogens (tertiary/aromatic N) is 2. The van der Waals surface area contributed by atoms with Crippen LogP contribution in [0.2, 0.25) is 5.15 Å². The van der Waals surface area contributed by atoms with Crippen molar-refractivity contribution in [2.75, 3.05) is 20.6 Å². The summed E-state index contributed by atoms with van der Waals surface area (Å²) in [6, 6.07) is 3.25. The van der Waals surface area contributed by atoms with E-state index >= 15 is 0 Å². The van der Waals surface area contributed by atoms with E-state index < -0.39 is 5.97 Å². The highest BCUT2D eigenvalue weighted by atomic mass is 35.5. The van der Waals surface area contributed by atoms with Crippen LogP contribution in [0.1, 0.15) is 17.3 Å². The predicted molar refractivity (Wildman–Crippen MR) is 62.7 cm³/mol. The molecule has 0 bridgehead atoms. The highest BCUT2D eigenvalue weighted by Crippen LogP contribution is 2.13. The minimum Gasteiger partial charge on any atom is -0.458 e. The van der Waals surface area contributed by atoms with E-state index in [0.717, 1.165) is 0 Å². The molecule has 88 valence electrons. The lowest BCUT2D eigenvalue weighted by Gasteiger charge is -2.17. The van der Waals surface area contributed by atoms with Crippen LogP contribution in [-0.2, 0) is 4.74 Å². The van der Waals surface area contributed by atoms with E-state index in [-0.39, 0.29) is 11.3 Å². The van der Waals surface area contributed by atoms with Crippen molar-refractivity contribution in [3.8, 4) is 0 Å². The van der Waals surface area contributed by atoms with Gasteiger partial charge in [-0.3, -0.25) is 0 Å². The van der Waals surface area contributed by atoms with Crippen LogP contribution in [0.4, 0.5) is 0 Å². The van der Waals surface area contributed by atoms with Crippen molar-refractivity contribution >= 4 is 17.6 Å². The summed E-state index contributed by atoms with van der Waals surface area (Å²) in [6.45, 7) is 2.51. The zero-order chi connectivity index (χ0) is 12.1. The zero-order valence-corrected chi connectivity index (χ0v) is 10.4. The van der Waals surface area contributed by atoms with Crippen molar-refractivity contribution in [3.63, 3.8) is 0 Å². The summed E-state index contributed by atoms with van der Waals surface area (Å²) in [5.41, 5.74) is 0.301. The van der Waals surface area contributed by atoms with E-state index in [2.05, 4.69) is 4.98 Å². The molecule has 4 nitrogen and oxygen atoms in total. The summed E-state index contributed by atoms with van der Waals surface area (Å²) in [6.07, 6.45) is 1.35. The smallest absolute Gasteiger partial charge is 0.341 e. The second-order valence-corrected chi connectivity index (χ2v) is 4.18. The highest BCUT2D eigenvalue weighted by molar-refractivity contribution is 6.32. The fraction of sp³-hybridized carbons (Fsp3) is 0.455. The third kappa shape index (κ3) is 3.79. The van der Waals surface area contributed by atoms with Gasteiger partial charge in [0.05, 0.1) is 5.56 Å². The van der Waals surface area contributed by atoms with Gasteiger partial charge in [0.15, 0.2) is 0 Å². The van der Waals surface area contributed by atoms with Crippen molar-refractivity contribution in [2.24, 2.45) is 0 Å². The van der Waals surface area contributed by atoms with Gasteiger partial charge < -0.3 is 9.64 Å². The molecule has 0 saturated heterocycles. The minimum atomic E-state index is -0.438. The van der Waals surface area contributed by atoms with Crippen LogP contribution in [0.25, 0.3) is 0 Å². The maximum atomic E-state index is 11.7. The predicted octanol–water partition coefficient (Wildman–Crippen LogP) is 1.84. The average Bonchev–Trinajstić information content (AvgIpc) is 2.16. The largest absolute Gasteiger partial charge is 0.458 e. The topological polar surface area (TPSA) is 42.4 Å². The number of pyridine rings is 1. The fourth-order valence-corrected chi connectivity index (χ4v) is 1.53. The van der Waals surface area contributed by atoms with E-state index in [1.54, 1.807) is 12.1 Å². The van der Waals surface area contributed by atoms with E-state index in [1.807, 2.05) is 25.9 Å². The van der Waals surface area contributed by atoms with Gasteiger partial charge in [-0.15, -0.1) is 0 Å². The third-order valence-electron chi connectivity index (χ3n) is 1.91. The molecule has 0 aliphatic carbocycles. The number of carbonyl (C=O) groups is 1. The van der Waals surface area contributed by atoms with Crippen LogP contribution in [-0.4, -0.2) is 42.6 Å². The first-order valence-corrected chi connectivity index (χ1v) is 5.34. The first-order chi connectivity index (χ1) is 7.50. The van der Waals surface area contributed by atoms with Crippen LogP contribution >= 0.6 is 11.6 Å². The Balaban J connectivity index is 2.63. The van der Waals surface area contributed by atoms with Gasteiger partial charge in [-0.05, 0) is 33.2 Å². The molecule has 5 heteroatoms. The molecule has 0 aromatic carbocycles. The summed E-state index contributed by atoms with van der Waals surface area (Å²) < 4.78 is 5.22. The minimum absolute atomic E-state index is 0.171. The van der Waals surface area contributed by atoms with Crippen LogP contribution in [0.3, 0.4) is 0 Å². The Hall–Kier alpha value is -1.13. The molecule has 0 aliphatic rings. The van der Waals surface area contributed by atoms with Gasteiger partial charge in [0, 0.05) is 12.7 Å². The van der Waals surface area contributed by atoms with Crippen molar-refractivity contribution in [1.29, 1.82) is 0 Å². The summed E-state index contributed by atoms with van der Waals surface area (Å²) in [5.74, 6) is -0.438. The van der Waals surface area contributed by atoms with Crippen molar-refractivity contribution in [1.82, 2.24) is 9.88 Å². The molecular formula is C11H15ClN2O2. The van der Waals surface area contributed by atoms with Crippen LogP contribution in [0.15, 0.2) is 18.3 Å². The number of rotatable bonds is 4. The number of aromatic nitrogens is 1. The van der Waals surface area contributed by atoms with Gasteiger partial charge in [-0.2, -0.15) is 0 Å². The van der Waals surface area contributed by atoms with E-state index in [9.17, 15) is 4.79 Å². The van der Waals surface area contributed by atoms with Gasteiger partial charge in [0.1, 0.15) is 11.3 Å². The second kappa shape index (κ2) is 5.82. The molecule has 1 aromatic rings. The average molecular weight is 243 g/mol. The molecule has 16 heavy (non-hydrogen) atoms. The Morgan fingerprint density at radius 2 is 2.31 bits per heavy atom. The molecule has 1 unspecified atom stereocenters. The number of esters is 1. The molecule has 1 aromatic heterocycles. The Kier molecular flexibility index (Phi) is 4.71. The molecule has 0 fully saturated rings. The van der Waals surface area contributed by atoms with E-state index in [1.165, 1.54) is 6.20 Å². The Morgan fingerprint density at radius 3 is 2.88 bits per heavy atom. The standard InChI is InChI=1S/C11H15ClN2O2/c1-8(7-14(2)3)16-11(15)9-5-4-6-13-10(9)12/h4-6,8H,7H2,1-3H3. The first-order valence-electron chi connectivity index (χ1n) is 4.97. The van der Waals surface area contributed by atoms with Gasteiger partial charge in [-0.1, -0.05) is 11.6 Å². The highest BCUT2D eigenvalue weighted by Gasteiger charge is 2.15. The lowest BCUT2D eigenvalue weighted by atomic mass is 10.3. The Bertz CT molecular complexity index is 369.